The quantitative estimate of drug-likeness (QED) is 0.448. The van der Waals surface area contributed by atoms with Gasteiger partial charge in [0.15, 0.2) is 6.23 Å². The third-order valence-corrected chi connectivity index (χ3v) is 6.12. The molecular weight excluding hydrogens is 386 g/mol. The van der Waals surface area contributed by atoms with Gasteiger partial charge in [-0.1, -0.05) is 24.8 Å². The number of hydrogen-bond donors (Lipinski definition) is 1. The molecule has 4 nitrogen and oxygen atoms in total. The van der Waals surface area contributed by atoms with Crippen LogP contribution in [0.15, 0.2) is 12.2 Å². The van der Waals surface area contributed by atoms with E-state index in [0.29, 0.717) is 12.4 Å². The number of phenolic OH excluding ortho intramolecular Hbond substituents is 1. The SMILES string of the molecule is CCOC(N(CC)C/C=C/C#CC(C)(C)C)C1(C)CCc2c(C)c(O)c(C)c(C)c2O1. The average molecular weight is 428 g/mol. The Morgan fingerprint density at radius 1 is 1.19 bits per heavy atom. The largest absolute Gasteiger partial charge is 0.507 e. The highest BCUT2D eigenvalue weighted by atomic mass is 16.6. The van der Waals surface area contributed by atoms with Gasteiger partial charge in [0.2, 0.25) is 0 Å². The van der Waals surface area contributed by atoms with Crippen LogP contribution in [0.5, 0.6) is 11.5 Å². The van der Waals surface area contributed by atoms with Gasteiger partial charge in [-0.05, 0) is 97.5 Å². The molecule has 31 heavy (non-hydrogen) atoms. The fourth-order valence-corrected chi connectivity index (χ4v) is 4.16. The van der Waals surface area contributed by atoms with E-state index in [4.69, 9.17) is 9.47 Å². The summed E-state index contributed by atoms with van der Waals surface area (Å²) >= 11 is 0. The number of hydrogen-bond acceptors (Lipinski definition) is 4. The summed E-state index contributed by atoms with van der Waals surface area (Å²) in [5.74, 6) is 7.69. The molecule has 0 bridgehead atoms. The highest BCUT2D eigenvalue weighted by molar-refractivity contribution is 5.58. The van der Waals surface area contributed by atoms with Crippen molar-refractivity contribution in [1.82, 2.24) is 4.90 Å². The number of nitrogens with zero attached hydrogens (tertiary/aromatic N) is 1. The molecule has 0 saturated heterocycles. The molecule has 1 aliphatic rings. The van der Waals surface area contributed by atoms with Crippen LogP contribution >= 0.6 is 0 Å². The van der Waals surface area contributed by atoms with E-state index in [1.165, 1.54) is 0 Å². The molecule has 0 radical (unpaired) electrons. The Labute approximate surface area is 189 Å². The summed E-state index contributed by atoms with van der Waals surface area (Å²) < 4.78 is 13.0. The first-order chi connectivity index (χ1) is 14.4. The number of fused-ring (bicyclic) bond motifs is 1. The first-order valence-electron chi connectivity index (χ1n) is 11.5. The van der Waals surface area contributed by atoms with E-state index in [1.807, 2.05) is 33.8 Å². The van der Waals surface area contributed by atoms with Gasteiger partial charge in [-0.15, -0.1) is 0 Å². The zero-order chi connectivity index (χ0) is 23.4. The van der Waals surface area contributed by atoms with Gasteiger partial charge in [-0.25, -0.2) is 0 Å². The predicted molar refractivity (Wildman–Crippen MR) is 129 cm³/mol. The lowest BCUT2D eigenvalue weighted by atomic mass is 9.85. The summed E-state index contributed by atoms with van der Waals surface area (Å²) in [7, 11) is 0. The molecule has 1 aliphatic heterocycles. The van der Waals surface area contributed by atoms with Crippen LogP contribution in [-0.4, -0.2) is 41.5 Å². The van der Waals surface area contributed by atoms with E-state index in [1.54, 1.807) is 0 Å². The van der Waals surface area contributed by atoms with Crippen molar-refractivity contribution >= 4 is 0 Å². The highest BCUT2D eigenvalue weighted by Crippen LogP contribution is 2.44. The normalized spacial score (nSPS) is 19.7. The Bertz CT molecular complexity index is 869. The summed E-state index contributed by atoms with van der Waals surface area (Å²) in [5.41, 5.74) is 3.47. The van der Waals surface area contributed by atoms with Crippen LogP contribution < -0.4 is 4.74 Å². The molecule has 2 atom stereocenters. The number of likely N-dealkylation sites (N-methyl/N-ethyl adjacent to an activating group) is 1. The molecule has 4 heteroatoms. The van der Waals surface area contributed by atoms with Crippen molar-refractivity contribution in [2.24, 2.45) is 5.41 Å². The smallest absolute Gasteiger partial charge is 0.150 e. The van der Waals surface area contributed by atoms with Crippen molar-refractivity contribution < 1.29 is 14.6 Å². The second-order valence-electron chi connectivity index (χ2n) is 9.76. The maximum Gasteiger partial charge on any atom is 0.150 e. The van der Waals surface area contributed by atoms with Crippen molar-refractivity contribution in [1.29, 1.82) is 0 Å². The zero-order valence-corrected chi connectivity index (χ0v) is 21.0. The van der Waals surface area contributed by atoms with Crippen molar-refractivity contribution in [3.05, 3.63) is 34.4 Å². The van der Waals surface area contributed by atoms with Gasteiger partial charge in [-0.2, -0.15) is 0 Å². The van der Waals surface area contributed by atoms with Gasteiger partial charge < -0.3 is 14.6 Å². The van der Waals surface area contributed by atoms with Crippen molar-refractivity contribution in [3.63, 3.8) is 0 Å². The Balaban J connectivity index is 2.31. The van der Waals surface area contributed by atoms with E-state index in [9.17, 15) is 5.11 Å². The number of allylic oxidation sites excluding steroid dienone is 1. The van der Waals surface area contributed by atoms with Gasteiger partial charge in [-0.3, -0.25) is 4.90 Å². The lowest BCUT2D eigenvalue weighted by molar-refractivity contribution is -0.160. The molecule has 1 aromatic carbocycles. The van der Waals surface area contributed by atoms with Crippen molar-refractivity contribution in [2.75, 3.05) is 19.7 Å². The van der Waals surface area contributed by atoms with Gasteiger partial charge in [0, 0.05) is 24.1 Å². The molecule has 172 valence electrons. The third kappa shape index (κ3) is 5.84. The summed E-state index contributed by atoms with van der Waals surface area (Å²) in [6, 6.07) is 0. The maximum atomic E-state index is 10.5. The first-order valence-corrected chi connectivity index (χ1v) is 11.5. The van der Waals surface area contributed by atoms with Crippen LogP contribution in [0.4, 0.5) is 0 Å². The van der Waals surface area contributed by atoms with Crippen molar-refractivity contribution in [2.45, 2.75) is 87.0 Å². The third-order valence-electron chi connectivity index (χ3n) is 6.12. The Kier molecular flexibility index (Phi) is 8.25. The van der Waals surface area contributed by atoms with Gasteiger partial charge in [0.25, 0.3) is 0 Å². The molecule has 2 unspecified atom stereocenters. The molecule has 0 aliphatic carbocycles. The topological polar surface area (TPSA) is 41.9 Å². The zero-order valence-electron chi connectivity index (χ0n) is 21.0. The van der Waals surface area contributed by atoms with Gasteiger partial charge >= 0.3 is 0 Å². The summed E-state index contributed by atoms with van der Waals surface area (Å²) in [4.78, 5) is 2.30. The predicted octanol–water partition coefficient (Wildman–Crippen LogP) is 5.69. The van der Waals surface area contributed by atoms with E-state index in [2.05, 4.69) is 57.4 Å². The monoisotopic (exact) mass is 427 g/mol. The summed E-state index contributed by atoms with van der Waals surface area (Å²) in [5, 5.41) is 10.5. The molecule has 0 fully saturated rings. The summed E-state index contributed by atoms with van der Waals surface area (Å²) in [6.07, 6.45) is 5.56. The van der Waals surface area contributed by atoms with Crippen molar-refractivity contribution in [3.8, 4) is 23.3 Å². The first kappa shape index (κ1) is 25.3. The van der Waals surface area contributed by atoms with E-state index >= 15 is 0 Å². The minimum absolute atomic E-state index is 0.00199. The molecule has 0 aromatic heterocycles. The van der Waals surface area contributed by atoms with Gasteiger partial charge in [0.05, 0.1) is 0 Å². The van der Waals surface area contributed by atoms with Crippen LogP contribution in [0.3, 0.4) is 0 Å². The molecule has 2 rings (SSSR count). The molecule has 0 spiro atoms. The number of benzene rings is 1. The van der Waals surface area contributed by atoms with Crippen LogP contribution in [-0.2, 0) is 11.2 Å². The van der Waals surface area contributed by atoms with Crippen LogP contribution in [0, 0.1) is 38.0 Å². The standard InChI is InChI=1S/C27H41NO3/c1-10-28(18-14-12-13-16-26(6,7)8)25(30-11-2)27(9)17-15-22-21(5)23(29)19(3)20(4)24(22)31-27/h12,14,25,29H,10-11,15,17-18H2,1-9H3/b14-12+. The minimum atomic E-state index is -0.482. The average Bonchev–Trinajstić information content (AvgIpc) is 2.71. The van der Waals surface area contributed by atoms with E-state index < -0.39 is 5.60 Å². The van der Waals surface area contributed by atoms with E-state index in [0.717, 1.165) is 53.9 Å². The fourth-order valence-electron chi connectivity index (χ4n) is 4.16. The highest BCUT2D eigenvalue weighted by Gasteiger charge is 2.44. The molecular formula is C27H41NO3. The molecule has 1 heterocycles. The Hall–Kier alpha value is -1.96. The fraction of sp³-hybridized carbons (Fsp3) is 0.630. The van der Waals surface area contributed by atoms with Gasteiger partial charge in [0.1, 0.15) is 17.1 Å². The Morgan fingerprint density at radius 3 is 2.45 bits per heavy atom. The molecule has 0 amide bonds. The lowest BCUT2D eigenvalue weighted by Crippen LogP contribution is -2.57. The lowest BCUT2D eigenvalue weighted by Gasteiger charge is -2.46. The maximum absolute atomic E-state index is 10.5. The van der Waals surface area contributed by atoms with Crippen LogP contribution in [0.25, 0.3) is 0 Å². The molecule has 1 aromatic rings. The minimum Gasteiger partial charge on any atom is -0.507 e. The Morgan fingerprint density at radius 2 is 1.87 bits per heavy atom. The van der Waals surface area contributed by atoms with E-state index in [-0.39, 0.29) is 11.6 Å². The number of phenols is 1. The van der Waals surface area contributed by atoms with Crippen LogP contribution in [0.1, 0.15) is 70.2 Å². The number of rotatable bonds is 7. The second-order valence-corrected chi connectivity index (χ2v) is 9.76. The summed E-state index contributed by atoms with van der Waals surface area (Å²) in [6.45, 7) is 20.9. The number of ether oxygens (including phenoxy) is 2. The molecule has 1 N–H and O–H groups in total. The number of aromatic hydroxyl groups is 1. The molecule has 0 saturated carbocycles. The second kappa shape index (κ2) is 10.1. The van der Waals surface area contributed by atoms with Crippen LogP contribution in [0.2, 0.25) is 0 Å².